The minimum absolute atomic E-state index is 0. The Labute approximate surface area is 227 Å². The standard InChI is InChI=1S/C26H29N3O4S.2ClH/c1-17(19-8-11-23(31-2)24(13-19)32-3)27-14-20(30)16-33-21-9-6-18(7-10-21)26-28-15-22(29-26)25-5-4-12-34-25;;/h4-13,15,17,20,27,30H,14,16H2,1-3H3,(H,28,29);2*1H. The summed E-state index contributed by atoms with van der Waals surface area (Å²) in [5.74, 6) is 2.87. The van der Waals surface area contributed by atoms with Crippen molar-refractivity contribution >= 4 is 36.2 Å². The molecule has 4 rings (SSSR count). The molecule has 0 aliphatic heterocycles. The number of thiophene rings is 1. The first-order valence-electron chi connectivity index (χ1n) is 11.0. The molecule has 0 fully saturated rings. The van der Waals surface area contributed by atoms with E-state index in [1.165, 1.54) is 0 Å². The summed E-state index contributed by atoms with van der Waals surface area (Å²) in [5, 5.41) is 15.7. The third kappa shape index (κ3) is 7.38. The number of H-pyrrole nitrogens is 1. The van der Waals surface area contributed by atoms with Gasteiger partial charge in [0.15, 0.2) is 11.5 Å². The number of aliphatic hydroxyl groups is 1. The normalized spacial score (nSPS) is 12.1. The highest BCUT2D eigenvalue weighted by Crippen LogP contribution is 2.30. The zero-order chi connectivity index (χ0) is 23.9. The second kappa shape index (κ2) is 14.1. The van der Waals surface area contributed by atoms with E-state index in [1.54, 1.807) is 25.6 Å². The van der Waals surface area contributed by atoms with Crippen LogP contribution < -0.4 is 19.5 Å². The first kappa shape index (κ1) is 29.5. The second-order valence-electron chi connectivity index (χ2n) is 7.86. The van der Waals surface area contributed by atoms with Crippen LogP contribution in [0.3, 0.4) is 0 Å². The molecule has 0 amide bonds. The minimum atomic E-state index is -0.652. The minimum Gasteiger partial charge on any atom is -0.493 e. The van der Waals surface area contributed by atoms with Gasteiger partial charge in [0.2, 0.25) is 0 Å². The molecule has 194 valence electrons. The smallest absolute Gasteiger partial charge is 0.161 e. The van der Waals surface area contributed by atoms with Gasteiger partial charge in [-0.25, -0.2) is 4.98 Å². The molecule has 0 saturated carbocycles. The Morgan fingerprint density at radius 3 is 2.44 bits per heavy atom. The number of rotatable bonds is 11. The highest BCUT2D eigenvalue weighted by molar-refractivity contribution is 7.13. The molecule has 0 aliphatic rings. The third-order valence-corrected chi connectivity index (χ3v) is 6.40. The molecule has 7 nitrogen and oxygen atoms in total. The number of aromatic nitrogens is 2. The van der Waals surface area contributed by atoms with Crippen molar-refractivity contribution in [3.8, 4) is 39.2 Å². The fraction of sp³-hybridized carbons (Fsp3) is 0.269. The maximum Gasteiger partial charge on any atom is 0.161 e. The molecule has 0 saturated heterocycles. The van der Waals surface area contributed by atoms with Crippen LogP contribution in [0.15, 0.2) is 66.2 Å². The van der Waals surface area contributed by atoms with Gasteiger partial charge in [-0.15, -0.1) is 36.2 Å². The van der Waals surface area contributed by atoms with Crippen molar-refractivity contribution < 1.29 is 19.3 Å². The fourth-order valence-electron chi connectivity index (χ4n) is 3.54. The highest BCUT2D eigenvalue weighted by Gasteiger charge is 2.13. The van der Waals surface area contributed by atoms with Gasteiger partial charge in [-0.2, -0.15) is 0 Å². The molecule has 36 heavy (non-hydrogen) atoms. The lowest BCUT2D eigenvalue weighted by molar-refractivity contribution is 0.104. The number of nitrogens with zero attached hydrogens (tertiary/aromatic N) is 1. The molecule has 0 spiro atoms. The quantitative estimate of drug-likeness (QED) is 0.219. The molecular weight excluding hydrogens is 521 g/mol. The average Bonchev–Trinajstić information content (AvgIpc) is 3.58. The Kier molecular flexibility index (Phi) is 11.6. The summed E-state index contributed by atoms with van der Waals surface area (Å²) in [6.45, 7) is 2.62. The van der Waals surface area contributed by atoms with E-state index in [-0.39, 0.29) is 37.5 Å². The third-order valence-electron chi connectivity index (χ3n) is 5.50. The summed E-state index contributed by atoms with van der Waals surface area (Å²) < 4.78 is 16.4. The van der Waals surface area contributed by atoms with Crippen LogP contribution in [0.2, 0.25) is 0 Å². The van der Waals surface area contributed by atoms with Crippen molar-refractivity contribution in [1.82, 2.24) is 15.3 Å². The van der Waals surface area contributed by atoms with Crippen LogP contribution >= 0.6 is 36.2 Å². The summed E-state index contributed by atoms with van der Waals surface area (Å²) in [7, 11) is 3.23. The average molecular weight is 553 g/mol. The van der Waals surface area contributed by atoms with E-state index >= 15 is 0 Å². The predicted octanol–water partition coefficient (Wildman–Crippen LogP) is 5.76. The Balaban J connectivity index is 0.00000228. The molecule has 2 unspecified atom stereocenters. The number of benzene rings is 2. The van der Waals surface area contributed by atoms with E-state index < -0.39 is 6.10 Å². The zero-order valence-corrected chi connectivity index (χ0v) is 22.7. The molecule has 2 heterocycles. The number of hydrogen-bond donors (Lipinski definition) is 3. The van der Waals surface area contributed by atoms with Crippen molar-refractivity contribution in [1.29, 1.82) is 0 Å². The van der Waals surface area contributed by atoms with Crippen molar-refractivity contribution in [2.75, 3.05) is 27.4 Å². The van der Waals surface area contributed by atoms with Gasteiger partial charge in [-0.1, -0.05) is 12.1 Å². The molecule has 2 atom stereocenters. The summed E-state index contributed by atoms with van der Waals surface area (Å²) >= 11 is 1.67. The van der Waals surface area contributed by atoms with Crippen LogP contribution in [0.25, 0.3) is 22.0 Å². The van der Waals surface area contributed by atoms with Gasteiger partial charge in [0.1, 0.15) is 24.3 Å². The number of aromatic amines is 1. The number of methoxy groups -OCH3 is 2. The summed E-state index contributed by atoms with van der Waals surface area (Å²) in [6, 6.07) is 17.6. The number of hydrogen-bond acceptors (Lipinski definition) is 7. The van der Waals surface area contributed by atoms with Crippen LogP contribution in [0.5, 0.6) is 17.2 Å². The van der Waals surface area contributed by atoms with Crippen LogP contribution in [-0.2, 0) is 0 Å². The first-order chi connectivity index (χ1) is 16.6. The Morgan fingerprint density at radius 2 is 1.78 bits per heavy atom. The molecule has 4 aromatic rings. The van der Waals surface area contributed by atoms with Crippen LogP contribution in [0, 0.1) is 0 Å². The number of imidazole rings is 1. The van der Waals surface area contributed by atoms with E-state index in [0.29, 0.717) is 23.8 Å². The predicted molar refractivity (Wildman–Crippen MR) is 149 cm³/mol. The molecule has 2 aromatic carbocycles. The number of nitrogens with one attached hydrogen (secondary N) is 2. The fourth-order valence-corrected chi connectivity index (χ4v) is 4.23. The monoisotopic (exact) mass is 551 g/mol. The molecule has 2 aromatic heterocycles. The van der Waals surface area contributed by atoms with E-state index in [4.69, 9.17) is 14.2 Å². The van der Waals surface area contributed by atoms with Gasteiger partial charge in [-0.3, -0.25) is 0 Å². The van der Waals surface area contributed by atoms with Gasteiger partial charge in [0, 0.05) is 18.2 Å². The molecule has 3 N–H and O–H groups in total. The largest absolute Gasteiger partial charge is 0.493 e. The van der Waals surface area contributed by atoms with Crippen molar-refractivity contribution in [3.63, 3.8) is 0 Å². The molecule has 0 bridgehead atoms. The van der Waals surface area contributed by atoms with Gasteiger partial charge < -0.3 is 29.6 Å². The maximum absolute atomic E-state index is 10.4. The number of ether oxygens (including phenoxy) is 3. The Bertz CT molecular complexity index is 1190. The molecule has 0 aliphatic carbocycles. The summed E-state index contributed by atoms with van der Waals surface area (Å²) in [6.07, 6.45) is 1.19. The van der Waals surface area contributed by atoms with E-state index in [2.05, 4.69) is 21.4 Å². The topological polar surface area (TPSA) is 88.6 Å². The van der Waals surface area contributed by atoms with Crippen LogP contribution in [0.1, 0.15) is 18.5 Å². The highest BCUT2D eigenvalue weighted by atomic mass is 35.5. The van der Waals surface area contributed by atoms with Gasteiger partial charge >= 0.3 is 0 Å². The Morgan fingerprint density at radius 1 is 1.03 bits per heavy atom. The number of halogens is 2. The van der Waals surface area contributed by atoms with Gasteiger partial charge in [0.05, 0.1) is 31.0 Å². The summed E-state index contributed by atoms with van der Waals surface area (Å²) in [4.78, 5) is 8.99. The van der Waals surface area contributed by atoms with E-state index in [0.717, 1.165) is 27.5 Å². The van der Waals surface area contributed by atoms with E-state index in [1.807, 2.05) is 67.0 Å². The van der Waals surface area contributed by atoms with Crippen molar-refractivity contribution in [2.45, 2.75) is 19.1 Å². The Hall–Kier alpha value is -2.75. The van der Waals surface area contributed by atoms with E-state index in [9.17, 15) is 5.11 Å². The molecule has 0 radical (unpaired) electrons. The lowest BCUT2D eigenvalue weighted by atomic mass is 10.1. The SMILES string of the molecule is COc1ccc(C(C)NCC(O)COc2ccc(-c3ncc(-c4cccs4)[nH]3)cc2)cc1OC.Cl.Cl. The number of aliphatic hydroxyl groups excluding tert-OH is 1. The van der Waals surface area contributed by atoms with Crippen LogP contribution in [-0.4, -0.2) is 48.5 Å². The summed E-state index contributed by atoms with van der Waals surface area (Å²) in [5.41, 5.74) is 3.02. The lowest BCUT2D eigenvalue weighted by Gasteiger charge is -2.19. The zero-order valence-electron chi connectivity index (χ0n) is 20.3. The van der Waals surface area contributed by atoms with Gasteiger partial charge in [-0.05, 0) is 60.3 Å². The molecule has 10 heteroatoms. The molecular formula is C26H31Cl2N3O4S. The van der Waals surface area contributed by atoms with Crippen molar-refractivity contribution in [3.05, 3.63) is 71.7 Å². The van der Waals surface area contributed by atoms with Crippen LogP contribution in [0.4, 0.5) is 0 Å². The maximum atomic E-state index is 10.4. The second-order valence-corrected chi connectivity index (χ2v) is 8.80. The van der Waals surface area contributed by atoms with Crippen molar-refractivity contribution in [2.24, 2.45) is 0 Å². The first-order valence-corrected chi connectivity index (χ1v) is 11.9. The van der Waals surface area contributed by atoms with Gasteiger partial charge in [0.25, 0.3) is 0 Å². The lowest BCUT2D eigenvalue weighted by Crippen LogP contribution is -2.33.